The van der Waals surface area contributed by atoms with Crippen LogP contribution in [0.4, 0.5) is 4.39 Å². The number of benzene rings is 1. The predicted molar refractivity (Wildman–Crippen MR) is 78.8 cm³/mol. The van der Waals surface area contributed by atoms with E-state index in [2.05, 4.69) is 11.8 Å². The van der Waals surface area contributed by atoms with E-state index in [1.165, 1.54) is 12.1 Å². The fraction of sp³-hybridized carbons (Fsp3) is 0.625. The van der Waals surface area contributed by atoms with Crippen molar-refractivity contribution in [2.24, 2.45) is 5.41 Å². The molecule has 4 nitrogen and oxygen atoms in total. The molecule has 0 aliphatic carbocycles. The lowest BCUT2D eigenvalue weighted by molar-refractivity contribution is 0.0100. The average molecular weight is 297 g/mol. The molecule has 0 bridgehead atoms. The Morgan fingerprint density at radius 3 is 2.76 bits per heavy atom. The molecule has 1 aliphatic heterocycles. The summed E-state index contributed by atoms with van der Waals surface area (Å²) in [5.74, 6) is 0.244. The minimum atomic E-state index is -0.601. The highest BCUT2D eigenvalue weighted by atomic mass is 19.1. The second-order valence-corrected chi connectivity index (χ2v) is 6.23. The molecule has 1 aliphatic rings. The van der Waals surface area contributed by atoms with Crippen molar-refractivity contribution >= 4 is 0 Å². The van der Waals surface area contributed by atoms with Gasteiger partial charge in [-0.1, -0.05) is 6.92 Å². The molecule has 0 aromatic heterocycles. The summed E-state index contributed by atoms with van der Waals surface area (Å²) in [6.45, 7) is 4.67. The van der Waals surface area contributed by atoms with E-state index in [1.54, 1.807) is 12.1 Å². The van der Waals surface area contributed by atoms with Crippen LogP contribution in [0.3, 0.4) is 0 Å². The standard InChI is InChI=1S/C16H24FNO3/c1-16(12-19)7-2-8-18(11-16)9-14(20)10-21-15-5-3-13(17)4-6-15/h3-6,14,19-20H,2,7-12H2,1H3. The van der Waals surface area contributed by atoms with Crippen LogP contribution >= 0.6 is 0 Å². The van der Waals surface area contributed by atoms with Crippen LogP contribution < -0.4 is 4.74 Å². The Hall–Kier alpha value is -1.17. The number of ether oxygens (including phenoxy) is 1. The lowest BCUT2D eigenvalue weighted by Crippen LogP contribution is -2.47. The smallest absolute Gasteiger partial charge is 0.123 e. The molecule has 2 atom stereocenters. The van der Waals surface area contributed by atoms with Crippen molar-refractivity contribution in [2.75, 3.05) is 32.8 Å². The molecule has 0 amide bonds. The molecule has 5 heteroatoms. The third-order valence-electron chi connectivity index (χ3n) is 3.97. The van der Waals surface area contributed by atoms with Crippen LogP contribution in [-0.2, 0) is 0 Å². The number of nitrogens with zero attached hydrogens (tertiary/aromatic N) is 1. The highest BCUT2D eigenvalue weighted by Crippen LogP contribution is 2.28. The maximum Gasteiger partial charge on any atom is 0.123 e. The van der Waals surface area contributed by atoms with Crippen LogP contribution in [-0.4, -0.2) is 54.1 Å². The first-order valence-corrected chi connectivity index (χ1v) is 7.40. The van der Waals surface area contributed by atoms with Crippen LogP contribution in [0.5, 0.6) is 5.75 Å². The van der Waals surface area contributed by atoms with Gasteiger partial charge in [-0.3, -0.25) is 0 Å². The molecular weight excluding hydrogens is 273 g/mol. The van der Waals surface area contributed by atoms with E-state index in [-0.39, 0.29) is 24.4 Å². The largest absolute Gasteiger partial charge is 0.491 e. The summed E-state index contributed by atoms with van der Waals surface area (Å²) in [6.07, 6.45) is 1.45. The van der Waals surface area contributed by atoms with Crippen molar-refractivity contribution in [3.63, 3.8) is 0 Å². The molecular formula is C16H24FNO3. The number of piperidine rings is 1. The molecule has 1 aromatic carbocycles. The van der Waals surface area contributed by atoms with Gasteiger partial charge in [0.15, 0.2) is 0 Å². The Labute approximate surface area is 125 Å². The van der Waals surface area contributed by atoms with E-state index in [0.29, 0.717) is 12.3 Å². The topological polar surface area (TPSA) is 52.9 Å². The Balaban J connectivity index is 1.76. The third kappa shape index (κ3) is 4.95. The number of aliphatic hydroxyl groups is 2. The summed E-state index contributed by atoms with van der Waals surface area (Å²) in [4.78, 5) is 2.17. The fourth-order valence-corrected chi connectivity index (χ4v) is 2.79. The molecule has 1 aromatic rings. The van der Waals surface area contributed by atoms with Crippen molar-refractivity contribution in [1.29, 1.82) is 0 Å². The maximum absolute atomic E-state index is 12.8. The lowest BCUT2D eigenvalue weighted by atomic mass is 9.83. The monoisotopic (exact) mass is 297 g/mol. The summed E-state index contributed by atoms with van der Waals surface area (Å²) in [5, 5.41) is 19.5. The summed E-state index contributed by atoms with van der Waals surface area (Å²) in [5.41, 5.74) is -0.0736. The minimum Gasteiger partial charge on any atom is -0.491 e. The van der Waals surface area contributed by atoms with Crippen molar-refractivity contribution < 1.29 is 19.3 Å². The first-order valence-electron chi connectivity index (χ1n) is 7.40. The first-order chi connectivity index (χ1) is 10.0. The van der Waals surface area contributed by atoms with Crippen LogP contribution in [0.1, 0.15) is 19.8 Å². The molecule has 0 spiro atoms. The summed E-state index contributed by atoms with van der Waals surface area (Å²) in [6, 6.07) is 5.76. The maximum atomic E-state index is 12.8. The zero-order valence-corrected chi connectivity index (χ0v) is 12.5. The van der Waals surface area contributed by atoms with Gasteiger partial charge >= 0.3 is 0 Å². The van der Waals surface area contributed by atoms with E-state index in [1.807, 2.05) is 0 Å². The highest BCUT2D eigenvalue weighted by molar-refractivity contribution is 5.22. The van der Waals surface area contributed by atoms with Gasteiger partial charge in [0.1, 0.15) is 24.3 Å². The molecule has 0 saturated carbocycles. The molecule has 21 heavy (non-hydrogen) atoms. The molecule has 1 heterocycles. The SMILES string of the molecule is CC1(CO)CCCN(CC(O)COc2ccc(F)cc2)C1. The zero-order valence-electron chi connectivity index (χ0n) is 12.5. The summed E-state index contributed by atoms with van der Waals surface area (Å²) < 4.78 is 18.2. The van der Waals surface area contributed by atoms with Crippen LogP contribution in [0.2, 0.25) is 0 Å². The van der Waals surface area contributed by atoms with E-state index < -0.39 is 6.10 Å². The van der Waals surface area contributed by atoms with Gasteiger partial charge in [0.2, 0.25) is 0 Å². The predicted octanol–water partition coefficient (Wildman–Crippen LogP) is 1.66. The second-order valence-electron chi connectivity index (χ2n) is 6.23. The number of likely N-dealkylation sites (tertiary alicyclic amines) is 1. The molecule has 2 N–H and O–H groups in total. The summed E-state index contributed by atoms with van der Waals surface area (Å²) >= 11 is 0. The highest BCUT2D eigenvalue weighted by Gasteiger charge is 2.30. The molecule has 2 rings (SSSR count). The van der Waals surface area contributed by atoms with Gasteiger partial charge in [-0.2, -0.15) is 0 Å². The molecule has 1 fully saturated rings. The normalized spacial score (nSPS) is 24.8. The number of aliphatic hydroxyl groups excluding tert-OH is 2. The van der Waals surface area contributed by atoms with Crippen LogP contribution in [0.15, 0.2) is 24.3 Å². The number of hydrogen-bond acceptors (Lipinski definition) is 4. The summed E-state index contributed by atoms with van der Waals surface area (Å²) in [7, 11) is 0. The number of rotatable bonds is 6. The molecule has 118 valence electrons. The van der Waals surface area contributed by atoms with Crippen molar-refractivity contribution in [1.82, 2.24) is 4.90 Å². The second kappa shape index (κ2) is 7.20. The van der Waals surface area contributed by atoms with Crippen LogP contribution in [0, 0.1) is 11.2 Å². The van der Waals surface area contributed by atoms with Gasteiger partial charge in [-0.25, -0.2) is 4.39 Å². The lowest BCUT2D eigenvalue weighted by Gasteiger charge is -2.40. The van der Waals surface area contributed by atoms with Gasteiger partial charge in [0.05, 0.1) is 0 Å². The number of hydrogen-bond donors (Lipinski definition) is 2. The van der Waals surface area contributed by atoms with Gasteiger partial charge in [-0.15, -0.1) is 0 Å². The Morgan fingerprint density at radius 1 is 1.38 bits per heavy atom. The Morgan fingerprint density at radius 2 is 2.10 bits per heavy atom. The van der Waals surface area contributed by atoms with E-state index in [0.717, 1.165) is 25.9 Å². The minimum absolute atomic E-state index is 0.0736. The molecule has 1 saturated heterocycles. The first kappa shape index (κ1) is 16.2. The van der Waals surface area contributed by atoms with Crippen molar-refractivity contribution in [3.8, 4) is 5.75 Å². The van der Waals surface area contributed by atoms with Gasteiger partial charge in [0, 0.05) is 25.1 Å². The van der Waals surface area contributed by atoms with E-state index >= 15 is 0 Å². The van der Waals surface area contributed by atoms with E-state index in [4.69, 9.17) is 4.74 Å². The average Bonchev–Trinajstić information content (AvgIpc) is 2.47. The fourth-order valence-electron chi connectivity index (χ4n) is 2.79. The van der Waals surface area contributed by atoms with Crippen LogP contribution in [0.25, 0.3) is 0 Å². The molecule has 0 radical (unpaired) electrons. The van der Waals surface area contributed by atoms with Crippen molar-refractivity contribution in [3.05, 3.63) is 30.1 Å². The van der Waals surface area contributed by atoms with Gasteiger partial charge in [-0.05, 0) is 43.7 Å². The zero-order chi connectivity index (χ0) is 15.3. The Kier molecular flexibility index (Phi) is 5.56. The quantitative estimate of drug-likeness (QED) is 0.838. The number of β-amino-alcohol motifs (C(OH)–C–C–N with tert-alkyl or cyclic N) is 1. The van der Waals surface area contributed by atoms with Gasteiger partial charge < -0.3 is 19.8 Å². The Bertz CT molecular complexity index is 440. The third-order valence-corrected chi connectivity index (χ3v) is 3.97. The van der Waals surface area contributed by atoms with E-state index in [9.17, 15) is 14.6 Å². The number of halogens is 1. The van der Waals surface area contributed by atoms with Crippen molar-refractivity contribution in [2.45, 2.75) is 25.9 Å². The van der Waals surface area contributed by atoms with Gasteiger partial charge in [0.25, 0.3) is 0 Å². The molecule has 2 unspecified atom stereocenters.